The van der Waals surface area contributed by atoms with Gasteiger partial charge in [0.2, 0.25) is 0 Å². The number of hydrogen-bond donors (Lipinski definition) is 2. The molecule has 0 fully saturated rings. The van der Waals surface area contributed by atoms with E-state index in [1.807, 2.05) is 31.3 Å². The summed E-state index contributed by atoms with van der Waals surface area (Å²) < 4.78 is 5.47. The van der Waals surface area contributed by atoms with Gasteiger partial charge in [0, 0.05) is 12.6 Å². The highest BCUT2D eigenvalue weighted by molar-refractivity contribution is 5.77. The van der Waals surface area contributed by atoms with E-state index >= 15 is 0 Å². The van der Waals surface area contributed by atoms with Gasteiger partial charge in [-0.2, -0.15) is 0 Å². The van der Waals surface area contributed by atoms with Crippen molar-refractivity contribution in [1.29, 1.82) is 0 Å². The van der Waals surface area contributed by atoms with Crippen molar-refractivity contribution in [1.82, 2.24) is 10.6 Å². The largest absolute Gasteiger partial charge is 0.484 e. The zero-order chi connectivity index (χ0) is 15.0. The number of hydrogen-bond acceptors (Lipinski definition) is 3. The third-order valence-electron chi connectivity index (χ3n) is 3.12. The lowest BCUT2D eigenvalue weighted by Crippen LogP contribution is -2.31. The average molecular weight is 278 g/mol. The molecule has 4 nitrogen and oxygen atoms in total. The lowest BCUT2D eigenvalue weighted by atomic mass is 10.1. The van der Waals surface area contributed by atoms with Crippen LogP contribution < -0.4 is 15.4 Å². The molecule has 0 aliphatic heterocycles. The monoisotopic (exact) mass is 278 g/mol. The molecule has 1 amide bonds. The van der Waals surface area contributed by atoms with Gasteiger partial charge in [-0.25, -0.2) is 0 Å². The van der Waals surface area contributed by atoms with Gasteiger partial charge in [-0.3, -0.25) is 4.79 Å². The summed E-state index contributed by atoms with van der Waals surface area (Å²) in [6.07, 6.45) is 1.04. The summed E-state index contributed by atoms with van der Waals surface area (Å²) in [5.74, 6) is 1.09. The Balaban J connectivity index is 2.43. The number of nitrogens with one attached hydrogen (secondary N) is 2. The maximum Gasteiger partial charge on any atom is 0.257 e. The molecule has 0 aliphatic rings. The maximum absolute atomic E-state index is 11.5. The van der Waals surface area contributed by atoms with Gasteiger partial charge < -0.3 is 15.4 Å². The normalized spacial score (nSPS) is 12.2. The quantitative estimate of drug-likeness (QED) is 0.768. The van der Waals surface area contributed by atoms with Gasteiger partial charge in [-0.1, -0.05) is 32.9 Å². The Bertz CT molecular complexity index is 397. The molecule has 1 atom stereocenters. The zero-order valence-electron chi connectivity index (χ0n) is 12.9. The molecular weight excluding hydrogens is 252 g/mol. The molecule has 0 saturated carbocycles. The highest BCUT2D eigenvalue weighted by Gasteiger charge is 2.07. The molecule has 0 bridgehead atoms. The minimum atomic E-state index is -0.0792. The van der Waals surface area contributed by atoms with Gasteiger partial charge in [0.25, 0.3) is 5.91 Å². The fourth-order valence-corrected chi connectivity index (χ4v) is 1.92. The van der Waals surface area contributed by atoms with Gasteiger partial charge in [-0.05, 0) is 37.1 Å². The first-order valence-corrected chi connectivity index (χ1v) is 7.23. The highest BCUT2D eigenvalue weighted by atomic mass is 16.5. The minimum absolute atomic E-state index is 0.0648. The van der Waals surface area contributed by atoms with Crippen LogP contribution >= 0.6 is 0 Å². The van der Waals surface area contributed by atoms with Gasteiger partial charge in [0.05, 0.1) is 0 Å². The van der Waals surface area contributed by atoms with Crippen LogP contribution in [0.15, 0.2) is 24.3 Å². The van der Waals surface area contributed by atoms with E-state index in [9.17, 15) is 4.79 Å². The molecule has 0 aromatic heterocycles. The van der Waals surface area contributed by atoms with E-state index < -0.39 is 0 Å². The maximum atomic E-state index is 11.5. The van der Waals surface area contributed by atoms with E-state index in [1.54, 1.807) is 0 Å². The first kappa shape index (κ1) is 16.5. The van der Waals surface area contributed by atoms with Gasteiger partial charge >= 0.3 is 0 Å². The molecule has 2 N–H and O–H groups in total. The zero-order valence-corrected chi connectivity index (χ0v) is 12.9. The Morgan fingerprint density at radius 1 is 1.25 bits per heavy atom. The molecule has 1 aromatic carbocycles. The first-order valence-electron chi connectivity index (χ1n) is 7.23. The van der Waals surface area contributed by atoms with Crippen molar-refractivity contribution in [3.63, 3.8) is 0 Å². The third kappa shape index (κ3) is 5.61. The van der Waals surface area contributed by atoms with Crippen molar-refractivity contribution in [3.8, 4) is 5.75 Å². The van der Waals surface area contributed by atoms with Crippen molar-refractivity contribution < 1.29 is 9.53 Å². The molecule has 20 heavy (non-hydrogen) atoms. The van der Waals surface area contributed by atoms with Crippen molar-refractivity contribution in [3.05, 3.63) is 29.8 Å². The van der Waals surface area contributed by atoms with Crippen molar-refractivity contribution in [2.75, 3.05) is 20.2 Å². The van der Waals surface area contributed by atoms with Crippen molar-refractivity contribution in [2.24, 2.45) is 5.92 Å². The minimum Gasteiger partial charge on any atom is -0.484 e. The Kier molecular flexibility index (Phi) is 7.09. The van der Waals surface area contributed by atoms with Crippen LogP contribution in [0.4, 0.5) is 0 Å². The number of carbonyl (C=O) groups is 1. The summed E-state index contributed by atoms with van der Waals surface area (Å²) in [6.45, 7) is 7.01. The van der Waals surface area contributed by atoms with E-state index in [-0.39, 0.29) is 12.5 Å². The fraction of sp³-hybridized carbons (Fsp3) is 0.562. The fourth-order valence-electron chi connectivity index (χ4n) is 1.92. The number of benzene rings is 1. The second-order valence-corrected chi connectivity index (χ2v) is 5.31. The van der Waals surface area contributed by atoms with E-state index in [0.717, 1.165) is 12.2 Å². The summed E-state index contributed by atoms with van der Waals surface area (Å²) in [6, 6.07) is 8.24. The second-order valence-electron chi connectivity index (χ2n) is 5.31. The number of ether oxygens (including phenoxy) is 1. The van der Waals surface area contributed by atoms with E-state index in [0.29, 0.717) is 18.5 Å². The SMILES string of the molecule is CCC(NC)c1ccc(OCC(=O)NCC(C)C)cc1. The van der Waals surface area contributed by atoms with E-state index in [1.165, 1.54) is 5.56 Å². The summed E-state index contributed by atoms with van der Waals surface area (Å²) >= 11 is 0. The van der Waals surface area contributed by atoms with Crippen LogP contribution in [0.2, 0.25) is 0 Å². The molecule has 1 rings (SSSR count). The standard InChI is InChI=1S/C16H26N2O2/c1-5-15(17-4)13-6-8-14(9-7-13)20-11-16(19)18-10-12(2)3/h6-9,12,15,17H,5,10-11H2,1-4H3,(H,18,19). The van der Waals surface area contributed by atoms with Gasteiger partial charge in [-0.15, -0.1) is 0 Å². The van der Waals surface area contributed by atoms with Crippen LogP contribution in [-0.4, -0.2) is 26.1 Å². The lowest BCUT2D eigenvalue weighted by Gasteiger charge is -2.15. The van der Waals surface area contributed by atoms with Crippen LogP contribution in [-0.2, 0) is 4.79 Å². The van der Waals surface area contributed by atoms with Crippen LogP contribution in [0.25, 0.3) is 0 Å². The summed E-state index contributed by atoms with van der Waals surface area (Å²) in [5.41, 5.74) is 1.23. The summed E-state index contributed by atoms with van der Waals surface area (Å²) in [4.78, 5) is 11.5. The topological polar surface area (TPSA) is 50.4 Å². The first-order chi connectivity index (χ1) is 9.56. The lowest BCUT2D eigenvalue weighted by molar-refractivity contribution is -0.123. The molecule has 0 radical (unpaired) electrons. The molecule has 1 unspecified atom stereocenters. The Morgan fingerprint density at radius 2 is 1.90 bits per heavy atom. The van der Waals surface area contributed by atoms with Crippen LogP contribution in [0.3, 0.4) is 0 Å². The van der Waals surface area contributed by atoms with Crippen molar-refractivity contribution in [2.45, 2.75) is 33.2 Å². The van der Waals surface area contributed by atoms with E-state index in [4.69, 9.17) is 4.74 Å². The number of rotatable bonds is 8. The molecular formula is C16H26N2O2. The number of amides is 1. The molecule has 0 aliphatic carbocycles. The summed E-state index contributed by atoms with van der Waals surface area (Å²) in [5, 5.41) is 6.09. The third-order valence-corrected chi connectivity index (χ3v) is 3.12. The summed E-state index contributed by atoms with van der Waals surface area (Å²) in [7, 11) is 1.96. The van der Waals surface area contributed by atoms with Gasteiger partial charge in [0.1, 0.15) is 5.75 Å². The van der Waals surface area contributed by atoms with Crippen LogP contribution in [0, 0.1) is 5.92 Å². The van der Waals surface area contributed by atoms with Crippen LogP contribution in [0.1, 0.15) is 38.8 Å². The Hall–Kier alpha value is -1.55. The molecule has 0 heterocycles. The molecule has 112 valence electrons. The smallest absolute Gasteiger partial charge is 0.257 e. The van der Waals surface area contributed by atoms with E-state index in [2.05, 4.69) is 31.4 Å². The highest BCUT2D eigenvalue weighted by Crippen LogP contribution is 2.19. The molecule has 0 spiro atoms. The van der Waals surface area contributed by atoms with Gasteiger partial charge in [0.15, 0.2) is 6.61 Å². The Morgan fingerprint density at radius 3 is 2.40 bits per heavy atom. The predicted molar refractivity (Wildman–Crippen MR) is 81.9 cm³/mol. The van der Waals surface area contributed by atoms with Crippen molar-refractivity contribution >= 4 is 5.91 Å². The molecule has 4 heteroatoms. The number of carbonyl (C=O) groups excluding carboxylic acids is 1. The molecule has 0 saturated heterocycles. The Labute approximate surface area is 121 Å². The van der Waals surface area contributed by atoms with Crippen LogP contribution in [0.5, 0.6) is 5.75 Å². The average Bonchev–Trinajstić information content (AvgIpc) is 2.45. The second kappa shape index (κ2) is 8.59. The molecule has 1 aromatic rings. The predicted octanol–water partition coefficient (Wildman–Crippen LogP) is 2.51.